The van der Waals surface area contributed by atoms with E-state index in [1.807, 2.05) is 6.92 Å². The van der Waals surface area contributed by atoms with Crippen LogP contribution in [-0.2, 0) is 6.54 Å². The van der Waals surface area contributed by atoms with Crippen molar-refractivity contribution >= 4 is 22.6 Å². The SMILES string of the molecule is CCOc1cnn(CCO)c1C(=O)Nc1ccc(Oc2ccnc3cc(OC)c(OC)cc23)cn1. The number of carbonyl (C=O) groups is 1. The summed E-state index contributed by atoms with van der Waals surface area (Å²) in [5.41, 5.74) is 0.886. The maximum absolute atomic E-state index is 12.9. The Hall–Kier alpha value is -4.38. The zero-order valence-electron chi connectivity index (χ0n) is 19.5. The Balaban J connectivity index is 1.53. The topological polar surface area (TPSA) is 130 Å². The zero-order chi connectivity index (χ0) is 24.8. The van der Waals surface area contributed by atoms with E-state index in [1.54, 1.807) is 50.7 Å². The molecule has 0 atom stereocenters. The average Bonchev–Trinajstić information content (AvgIpc) is 3.27. The third kappa shape index (κ3) is 5.09. The van der Waals surface area contributed by atoms with Gasteiger partial charge in [0.2, 0.25) is 0 Å². The summed E-state index contributed by atoms with van der Waals surface area (Å²) in [5, 5.41) is 16.8. The minimum atomic E-state index is -0.457. The van der Waals surface area contributed by atoms with Gasteiger partial charge in [-0.25, -0.2) is 4.98 Å². The summed E-state index contributed by atoms with van der Waals surface area (Å²) < 4.78 is 23.6. The van der Waals surface area contributed by atoms with Crippen LogP contribution in [-0.4, -0.2) is 58.2 Å². The van der Waals surface area contributed by atoms with Crippen LogP contribution in [0.2, 0.25) is 0 Å². The molecule has 0 radical (unpaired) electrons. The number of rotatable bonds is 10. The first-order valence-corrected chi connectivity index (χ1v) is 10.8. The fourth-order valence-electron chi connectivity index (χ4n) is 3.48. The fourth-order valence-corrected chi connectivity index (χ4v) is 3.48. The Labute approximate surface area is 201 Å². The van der Waals surface area contributed by atoms with Gasteiger partial charge in [-0.15, -0.1) is 0 Å². The van der Waals surface area contributed by atoms with Crippen LogP contribution in [0.25, 0.3) is 10.9 Å². The molecule has 1 amide bonds. The smallest absolute Gasteiger partial charge is 0.278 e. The molecule has 4 rings (SSSR count). The second-order valence-electron chi connectivity index (χ2n) is 7.21. The molecule has 0 saturated carbocycles. The minimum Gasteiger partial charge on any atom is -0.493 e. The number of fused-ring (bicyclic) bond motifs is 1. The van der Waals surface area contributed by atoms with E-state index in [2.05, 4.69) is 20.4 Å². The summed E-state index contributed by atoms with van der Waals surface area (Å²) >= 11 is 0. The predicted octanol–water partition coefficient (Wildman–Crippen LogP) is 3.28. The number of nitrogens with zero attached hydrogens (tertiary/aromatic N) is 4. The highest BCUT2D eigenvalue weighted by atomic mass is 16.5. The van der Waals surface area contributed by atoms with E-state index >= 15 is 0 Å². The molecule has 3 aromatic heterocycles. The summed E-state index contributed by atoms with van der Waals surface area (Å²) in [6.45, 7) is 2.17. The average molecular weight is 479 g/mol. The van der Waals surface area contributed by atoms with Crippen LogP contribution < -0.4 is 24.3 Å². The van der Waals surface area contributed by atoms with Gasteiger partial charge in [-0.1, -0.05) is 0 Å². The minimum absolute atomic E-state index is 0.159. The van der Waals surface area contributed by atoms with Crippen molar-refractivity contribution in [2.75, 3.05) is 32.8 Å². The summed E-state index contributed by atoms with van der Waals surface area (Å²) in [6.07, 6.45) is 4.58. The Morgan fingerprint density at radius 2 is 1.83 bits per heavy atom. The van der Waals surface area contributed by atoms with Crippen LogP contribution in [0.5, 0.6) is 28.7 Å². The van der Waals surface area contributed by atoms with E-state index in [1.165, 1.54) is 17.1 Å². The summed E-state index contributed by atoms with van der Waals surface area (Å²) in [7, 11) is 3.12. The second kappa shape index (κ2) is 10.7. The summed E-state index contributed by atoms with van der Waals surface area (Å²) in [4.78, 5) is 21.5. The third-order valence-electron chi connectivity index (χ3n) is 5.05. The predicted molar refractivity (Wildman–Crippen MR) is 128 cm³/mol. The molecule has 2 N–H and O–H groups in total. The van der Waals surface area contributed by atoms with Gasteiger partial charge < -0.3 is 29.4 Å². The lowest BCUT2D eigenvalue weighted by molar-refractivity contribution is 0.101. The maximum Gasteiger partial charge on any atom is 0.278 e. The molecule has 0 aliphatic carbocycles. The van der Waals surface area contributed by atoms with Crippen molar-refractivity contribution in [2.24, 2.45) is 0 Å². The Kier molecular flexibility index (Phi) is 7.27. The zero-order valence-corrected chi connectivity index (χ0v) is 19.5. The van der Waals surface area contributed by atoms with Gasteiger partial charge in [0, 0.05) is 17.6 Å². The van der Waals surface area contributed by atoms with Crippen molar-refractivity contribution in [1.82, 2.24) is 19.7 Å². The third-order valence-corrected chi connectivity index (χ3v) is 5.05. The molecule has 0 fully saturated rings. The number of ether oxygens (including phenoxy) is 4. The molecule has 0 aliphatic heterocycles. The van der Waals surface area contributed by atoms with E-state index in [4.69, 9.17) is 18.9 Å². The monoisotopic (exact) mass is 479 g/mol. The molecule has 0 unspecified atom stereocenters. The number of anilines is 1. The lowest BCUT2D eigenvalue weighted by Crippen LogP contribution is -2.20. The molecule has 3 heterocycles. The van der Waals surface area contributed by atoms with Crippen LogP contribution in [0.3, 0.4) is 0 Å². The van der Waals surface area contributed by atoms with Gasteiger partial charge in [0.25, 0.3) is 5.91 Å². The van der Waals surface area contributed by atoms with Gasteiger partial charge in [0.15, 0.2) is 22.9 Å². The lowest BCUT2D eigenvalue weighted by Gasteiger charge is -2.12. The number of nitrogens with one attached hydrogen (secondary N) is 1. The molecule has 0 saturated heterocycles. The number of hydrogen-bond donors (Lipinski definition) is 2. The van der Waals surface area contributed by atoms with Crippen LogP contribution in [0.15, 0.2) is 48.9 Å². The number of pyridine rings is 2. The first-order chi connectivity index (χ1) is 17.1. The maximum atomic E-state index is 12.9. The summed E-state index contributed by atoms with van der Waals surface area (Å²) in [5.74, 6) is 2.33. The number of amides is 1. The molecule has 1 aromatic carbocycles. The van der Waals surface area contributed by atoms with Crippen LogP contribution in [0, 0.1) is 0 Å². The van der Waals surface area contributed by atoms with Gasteiger partial charge in [-0.05, 0) is 31.2 Å². The fraction of sp³-hybridized carbons (Fsp3) is 0.250. The Morgan fingerprint density at radius 1 is 1.03 bits per heavy atom. The molecule has 0 bridgehead atoms. The van der Waals surface area contributed by atoms with Gasteiger partial charge in [0.05, 0.1) is 51.9 Å². The van der Waals surface area contributed by atoms with Crippen molar-refractivity contribution in [3.8, 4) is 28.7 Å². The molecular weight excluding hydrogens is 454 g/mol. The number of aromatic nitrogens is 4. The van der Waals surface area contributed by atoms with Gasteiger partial charge in [-0.2, -0.15) is 5.10 Å². The van der Waals surface area contributed by atoms with Crippen molar-refractivity contribution in [2.45, 2.75) is 13.5 Å². The second-order valence-corrected chi connectivity index (χ2v) is 7.21. The molecule has 0 aliphatic rings. The van der Waals surface area contributed by atoms with Gasteiger partial charge in [0.1, 0.15) is 17.3 Å². The van der Waals surface area contributed by atoms with Crippen LogP contribution in [0.4, 0.5) is 5.82 Å². The van der Waals surface area contributed by atoms with Crippen LogP contribution in [0.1, 0.15) is 17.4 Å². The van der Waals surface area contributed by atoms with Crippen molar-refractivity contribution in [3.05, 3.63) is 54.6 Å². The quantitative estimate of drug-likeness (QED) is 0.352. The molecule has 0 spiro atoms. The molecule has 35 heavy (non-hydrogen) atoms. The first kappa shape index (κ1) is 23.8. The Morgan fingerprint density at radius 3 is 2.51 bits per heavy atom. The number of carbonyl (C=O) groups excluding carboxylic acids is 1. The van der Waals surface area contributed by atoms with Crippen molar-refractivity contribution in [3.63, 3.8) is 0 Å². The molecule has 11 heteroatoms. The van der Waals surface area contributed by atoms with E-state index in [-0.39, 0.29) is 18.8 Å². The molecular formula is C24H25N5O6. The largest absolute Gasteiger partial charge is 0.493 e. The van der Waals surface area contributed by atoms with E-state index in [9.17, 15) is 9.90 Å². The molecule has 11 nitrogen and oxygen atoms in total. The number of methoxy groups -OCH3 is 2. The number of benzene rings is 1. The van der Waals surface area contributed by atoms with Crippen LogP contribution >= 0.6 is 0 Å². The highest BCUT2D eigenvalue weighted by molar-refractivity contribution is 6.04. The first-order valence-electron chi connectivity index (χ1n) is 10.8. The van der Waals surface area contributed by atoms with E-state index < -0.39 is 5.91 Å². The van der Waals surface area contributed by atoms with E-state index in [0.29, 0.717) is 46.7 Å². The highest BCUT2D eigenvalue weighted by Gasteiger charge is 2.20. The highest BCUT2D eigenvalue weighted by Crippen LogP contribution is 2.36. The molecule has 4 aromatic rings. The van der Waals surface area contributed by atoms with Crippen molar-refractivity contribution < 1.29 is 28.8 Å². The van der Waals surface area contributed by atoms with Gasteiger partial charge in [-0.3, -0.25) is 14.5 Å². The lowest BCUT2D eigenvalue weighted by atomic mass is 10.2. The number of aliphatic hydroxyl groups is 1. The number of hydrogen-bond acceptors (Lipinski definition) is 9. The van der Waals surface area contributed by atoms with E-state index in [0.717, 1.165) is 5.39 Å². The Bertz CT molecular complexity index is 1300. The number of aliphatic hydroxyl groups excluding tert-OH is 1. The molecule has 182 valence electrons. The normalized spacial score (nSPS) is 10.7. The standard InChI is InChI=1S/C24H25N5O6/c1-4-34-21-14-27-29(9-10-30)23(21)24(31)28-22-6-5-15(13-26-22)35-18-7-8-25-17-12-20(33-3)19(32-2)11-16(17)18/h5-8,11-14,30H,4,9-10H2,1-3H3,(H,26,28,31). The van der Waals surface area contributed by atoms with Crippen molar-refractivity contribution in [1.29, 1.82) is 0 Å². The summed E-state index contributed by atoms with van der Waals surface area (Å²) in [6, 6.07) is 8.61. The van der Waals surface area contributed by atoms with Gasteiger partial charge >= 0.3 is 0 Å².